The number of hydrogen-bond acceptors (Lipinski definition) is 4. The first-order valence-corrected chi connectivity index (χ1v) is 6.27. The van der Waals surface area contributed by atoms with Crippen LogP contribution >= 0.6 is 0 Å². The van der Waals surface area contributed by atoms with E-state index >= 15 is 0 Å². The van der Waals surface area contributed by atoms with E-state index in [-0.39, 0.29) is 6.10 Å². The van der Waals surface area contributed by atoms with Crippen molar-refractivity contribution in [2.75, 3.05) is 47.0 Å². The van der Waals surface area contributed by atoms with Gasteiger partial charge in [0.1, 0.15) is 0 Å². The molecule has 16 heavy (non-hydrogen) atoms. The van der Waals surface area contributed by atoms with Crippen LogP contribution in [0.4, 0.5) is 0 Å². The van der Waals surface area contributed by atoms with Gasteiger partial charge in [0.25, 0.3) is 0 Å². The molecule has 1 saturated heterocycles. The molecule has 0 aliphatic carbocycles. The molecule has 1 N–H and O–H groups in total. The van der Waals surface area contributed by atoms with E-state index in [0.717, 1.165) is 19.6 Å². The Morgan fingerprint density at radius 1 is 1.44 bits per heavy atom. The van der Waals surface area contributed by atoms with Crippen LogP contribution in [0.1, 0.15) is 19.8 Å². The zero-order valence-electron chi connectivity index (χ0n) is 10.9. The van der Waals surface area contributed by atoms with Crippen molar-refractivity contribution in [3.05, 3.63) is 0 Å². The first-order valence-electron chi connectivity index (χ1n) is 6.27. The van der Waals surface area contributed by atoms with E-state index in [9.17, 15) is 0 Å². The number of methoxy groups -OCH3 is 2. The van der Waals surface area contributed by atoms with Gasteiger partial charge in [0.2, 0.25) is 0 Å². The smallest absolute Gasteiger partial charge is 0.0931 e. The lowest BCUT2D eigenvalue weighted by Crippen LogP contribution is -2.48. The standard InChI is InChI=1S/C12H26N2O2/c1-4-13-11-6-5-7-14(8-11)9-12(16-3)10-15-2/h11-13H,4-10H2,1-3H3. The van der Waals surface area contributed by atoms with E-state index in [0.29, 0.717) is 12.6 Å². The first kappa shape index (κ1) is 13.9. The molecule has 0 spiro atoms. The lowest BCUT2D eigenvalue weighted by Gasteiger charge is -2.34. The summed E-state index contributed by atoms with van der Waals surface area (Å²) in [6.45, 7) is 7.21. The quantitative estimate of drug-likeness (QED) is 0.699. The Morgan fingerprint density at radius 2 is 2.25 bits per heavy atom. The number of likely N-dealkylation sites (tertiary alicyclic amines) is 1. The Balaban J connectivity index is 2.29. The summed E-state index contributed by atoms with van der Waals surface area (Å²) in [6.07, 6.45) is 2.78. The number of likely N-dealkylation sites (N-methyl/N-ethyl adjacent to an activating group) is 1. The molecule has 4 nitrogen and oxygen atoms in total. The summed E-state index contributed by atoms with van der Waals surface area (Å²) in [7, 11) is 3.49. The molecule has 4 heteroatoms. The van der Waals surface area contributed by atoms with Crippen molar-refractivity contribution in [3.8, 4) is 0 Å². The fourth-order valence-electron chi connectivity index (χ4n) is 2.35. The van der Waals surface area contributed by atoms with Crippen molar-refractivity contribution >= 4 is 0 Å². The predicted molar refractivity (Wildman–Crippen MR) is 65.8 cm³/mol. The molecule has 1 aliphatic rings. The molecule has 2 atom stereocenters. The molecule has 2 unspecified atom stereocenters. The summed E-state index contributed by atoms with van der Waals surface area (Å²) < 4.78 is 10.5. The van der Waals surface area contributed by atoms with Gasteiger partial charge in [0, 0.05) is 33.4 Å². The molecule has 1 aliphatic heterocycles. The molecule has 1 rings (SSSR count). The molecule has 0 bridgehead atoms. The highest BCUT2D eigenvalue weighted by atomic mass is 16.5. The van der Waals surface area contributed by atoms with Crippen molar-refractivity contribution in [1.82, 2.24) is 10.2 Å². The lowest BCUT2D eigenvalue weighted by molar-refractivity contribution is 0.000486. The fourth-order valence-corrected chi connectivity index (χ4v) is 2.35. The summed E-state index contributed by atoms with van der Waals surface area (Å²) >= 11 is 0. The number of rotatable bonds is 7. The highest BCUT2D eigenvalue weighted by Gasteiger charge is 2.21. The normalized spacial score (nSPS) is 24.6. The molecular weight excluding hydrogens is 204 g/mol. The van der Waals surface area contributed by atoms with E-state index in [2.05, 4.69) is 17.1 Å². The second-order valence-corrected chi connectivity index (χ2v) is 4.47. The number of hydrogen-bond donors (Lipinski definition) is 1. The Kier molecular flexibility index (Phi) is 6.96. The minimum Gasteiger partial charge on any atom is -0.382 e. The molecule has 0 radical (unpaired) electrons. The number of piperidine rings is 1. The zero-order valence-corrected chi connectivity index (χ0v) is 10.9. The third-order valence-electron chi connectivity index (χ3n) is 3.15. The van der Waals surface area contributed by atoms with E-state index in [1.807, 2.05) is 0 Å². The zero-order chi connectivity index (χ0) is 11.8. The Morgan fingerprint density at radius 3 is 2.88 bits per heavy atom. The number of nitrogens with one attached hydrogen (secondary N) is 1. The van der Waals surface area contributed by atoms with E-state index in [1.165, 1.54) is 19.4 Å². The predicted octanol–water partition coefficient (Wildman–Crippen LogP) is 0.722. The van der Waals surface area contributed by atoms with Crippen molar-refractivity contribution in [2.45, 2.75) is 31.9 Å². The highest BCUT2D eigenvalue weighted by Crippen LogP contribution is 2.11. The van der Waals surface area contributed by atoms with Crippen LogP contribution in [0.15, 0.2) is 0 Å². The summed E-state index contributed by atoms with van der Waals surface area (Å²) in [5, 5.41) is 3.52. The van der Waals surface area contributed by atoms with Gasteiger partial charge in [-0.05, 0) is 25.9 Å². The summed E-state index contributed by atoms with van der Waals surface area (Å²) in [5.74, 6) is 0. The van der Waals surface area contributed by atoms with Gasteiger partial charge < -0.3 is 14.8 Å². The summed E-state index contributed by atoms with van der Waals surface area (Å²) in [5.41, 5.74) is 0. The highest BCUT2D eigenvalue weighted by molar-refractivity contribution is 4.79. The molecule has 0 aromatic carbocycles. The van der Waals surface area contributed by atoms with Crippen LogP contribution in [-0.4, -0.2) is 64.1 Å². The maximum atomic E-state index is 5.40. The van der Waals surface area contributed by atoms with Gasteiger partial charge in [-0.3, -0.25) is 4.90 Å². The second-order valence-electron chi connectivity index (χ2n) is 4.47. The van der Waals surface area contributed by atoms with Gasteiger partial charge in [0.05, 0.1) is 12.7 Å². The van der Waals surface area contributed by atoms with Crippen LogP contribution in [0.25, 0.3) is 0 Å². The van der Waals surface area contributed by atoms with Crippen molar-refractivity contribution in [3.63, 3.8) is 0 Å². The molecule has 96 valence electrons. The third kappa shape index (κ3) is 4.78. The maximum absolute atomic E-state index is 5.40. The van der Waals surface area contributed by atoms with E-state index < -0.39 is 0 Å². The second kappa shape index (κ2) is 8.01. The number of ether oxygens (including phenoxy) is 2. The van der Waals surface area contributed by atoms with Crippen LogP contribution in [0, 0.1) is 0 Å². The summed E-state index contributed by atoms with van der Waals surface area (Å²) in [6, 6.07) is 0.652. The fraction of sp³-hybridized carbons (Fsp3) is 1.00. The maximum Gasteiger partial charge on any atom is 0.0931 e. The van der Waals surface area contributed by atoms with Gasteiger partial charge in [-0.2, -0.15) is 0 Å². The average molecular weight is 230 g/mol. The van der Waals surface area contributed by atoms with Crippen molar-refractivity contribution in [2.24, 2.45) is 0 Å². The largest absolute Gasteiger partial charge is 0.382 e. The average Bonchev–Trinajstić information content (AvgIpc) is 2.29. The van der Waals surface area contributed by atoms with Gasteiger partial charge >= 0.3 is 0 Å². The van der Waals surface area contributed by atoms with Gasteiger partial charge in [-0.15, -0.1) is 0 Å². The molecule has 0 amide bonds. The molecule has 0 aromatic rings. The van der Waals surface area contributed by atoms with E-state index in [4.69, 9.17) is 9.47 Å². The summed E-state index contributed by atoms with van der Waals surface area (Å²) in [4.78, 5) is 2.48. The minimum absolute atomic E-state index is 0.199. The van der Waals surface area contributed by atoms with Crippen molar-refractivity contribution in [1.29, 1.82) is 0 Å². The molecular formula is C12H26N2O2. The lowest BCUT2D eigenvalue weighted by atomic mass is 10.1. The van der Waals surface area contributed by atoms with Crippen LogP contribution in [0.2, 0.25) is 0 Å². The first-order chi connectivity index (χ1) is 7.80. The Labute approximate surface area is 99.3 Å². The monoisotopic (exact) mass is 230 g/mol. The molecule has 1 heterocycles. The van der Waals surface area contributed by atoms with Crippen molar-refractivity contribution < 1.29 is 9.47 Å². The number of nitrogens with zero attached hydrogens (tertiary/aromatic N) is 1. The van der Waals surface area contributed by atoms with Crippen LogP contribution < -0.4 is 5.32 Å². The SMILES string of the molecule is CCNC1CCCN(CC(COC)OC)C1. The van der Waals surface area contributed by atoms with Crippen LogP contribution in [0.3, 0.4) is 0 Å². The van der Waals surface area contributed by atoms with Gasteiger partial charge in [-0.25, -0.2) is 0 Å². The molecule has 1 fully saturated rings. The minimum atomic E-state index is 0.199. The topological polar surface area (TPSA) is 33.7 Å². The Bertz CT molecular complexity index is 176. The van der Waals surface area contributed by atoms with Crippen LogP contribution in [-0.2, 0) is 9.47 Å². The van der Waals surface area contributed by atoms with Gasteiger partial charge in [0.15, 0.2) is 0 Å². The third-order valence-corrected chi connectivity index (χ3v) is 3.15. The molecule has 0 aromatic heterocycles. The molecule has 0 saturated carbocycles. The Hall–Kier alpha value is -0.160. The van der Waals surface area contributed by atoms with Crippen LogP contribution in [0.5, 0.6) is 0 Å². The van der Waals surface area contributed by atoms with E-state index in [1.54, 1.807) is 14.2 Å². The van der Waals surface area contributed by atoms with Gasteiger partial charge in [-0.1, -0.05) is 6.92 Å².